The molecule has 4 nitrogen and oxygen atoms in total. The highest BCUT2D eigenvalue weighted by atomic mass is 127. The molecule has 0 aliphatic heterocycles. The molecule has 1 spiro atoms. The average Bonchev–Trinajstić information content (AvgIpc) is 2.64. The van der Waals surface area contributed by atoms with Crippen LogP contribution in [0.15, 0.2) is 12.2 Å². The summed E-state index contributed by atoms with van der Waals surface area (Å²) in [6.07, 6.45) is 4.88. The Labute approximate surface area is 139 Å². The van der Waals surface area contributed by atoms with Crippen molar-refractivity contribution in [1.82, 2.24) is 0 Å². The van der Waals surface area contributed by atoms with Gasteiger partial charge in [0.15, 0.2) is 0 Å². The fourth-order valence-electron chi connectivity index (χ4n) is 4.94. The first-order valence-corrected chi connectivity index (χ1v) is 9.19. The summed E-state index contributed by atoms with van der Waals surface area (Å²) in [7, 11) is 0. The molecule has 5 heteroatoms. The van der Waals surface area contributed by atoms with E-state index in [9.17, 15) is 15.0 Å². The van der Waals surface area contributed by atoms with E-state index in [0.29, 0.717) is 25.2 Å². The number of rotatable bonds is 6. The summed E-state index contributed by atoms with van der Waals surface area (Å²) in [5, 5.41) is 20.2. The molecule has 2 N–H and O–H groups in total. The lowest BCUT2D eigenvalue weighted by Crippen LogP contribution is -2.65. The number of carbonyl (C=O) groups is 1. The predicted octanol–water partition coefficient (Wildman–Crippen LogP) is 2.36. The van der Waals surface area contributed by atoms with E-state index in [1.807, 2.05) is 0 Å². The van der Waals surface area contributed by atoms with Gasteiger partial charge in [-0.25, -0.2) is 0 Å². The van der Waals surface area contributed by atoms with Crippen molar-refractivity contribution in [1.29, 1.82) is 0 Å². The van der Waals surface area contributed by atoms with Crippen molar-refractivity contribution in [2.45, 2.75) is 56.1 Å². The van der Waals surface area contributed by atoms with E-state index in [4.69, 9.17) is 4.74 Å². The molecule has 3 aliphatic carbocycles. The fraction of sp³-hybridized carbons (Fsp3) is 0.812. The van der Waals surface area contributed by atoms with E-state index in [1.54, 1.807) is 0 Å². The quantitative estimate of drug-likeness (QED) is 0.308. The molecule has 21 heavy (non-hydrogen) atoms. The Balaban J connectivity index is 1.73. The van der Waals surface area contributed by atoms with Crippen LogP contribution >= 0.6 is 22.6 Å². The molecule has 4 atom stereocenters. The highest BCUT2D eigenvalue weighted by molar-refractivity contribution is 14.1. The molecule has 0 saturated heterocycles. The summed E-state index contributed by atoms with van der Waals surface area (Å²) < 4.78 is 6.51. The fourth-order valence-corrected chi connectivity index (χ4v) is 5.20. The van der Waals surface area contributed by atoms with E-state index < -0.39 is 11.2 Å². The Hall–Kier alpha value is -0.140. The first-order valence-electron chi connectivity index (χ1n) is 7.66. The standard InChI is InChI=1S/C16H23IO4/c1-11(8-17)6-13(19)21-14(4-5-18)9-15-3-2-12(15)7-16(15,20)10-14/h12,18,20H,1-10H2. The lowest BCUT2D eigenvalue weighted by atomic mass is 9.41. The first kappa shape index (κ1) is 15.7. The summed E-state index contributed by atoms with van der Waals surface area (Å²) in [5.74, 6) is 0.313. The van der Waals surface area contributed by atoms with Crippen molar-refractivity contribution < 1.29 is 19.7 Å². The van der Waals surface area contributed by atoms with Crippen LogP contribution in [-0.2, 0) is 9.53 Å². The molecule has 0 aromatic carbocycles. The smallest absolute Gasteiger partial charge is 0.310 e. The summed E-state index contributed by atoms with van der Waals surface area (Å²) in [5.41, 5.74) is -0.547. The third kappa shape index (κ3) is 2.27. The van der Waals surface area contributed by atoms with E-state index in [-0.39, 0.29) is 24.4 Å². The van der Waals surface area contributed by atoms with Crippen LogP contribution in [0.3, 0.4) is 0 Å². The molecule has 0 aromatic rings. The Morgan fingerprint density at radius 1 is 1.43 bits per heavy atom. The minimum atomic E-state index is -0.679. The molecule has 0 heterocycles. The first-order chi connectivity index (χ1) is 9.89. The monoisotopic (exact) mass is 406 g/mol. The topological polar surface area (TPSA) is 66.8 Å². The molecule has 3 aliphatic rings. The van der Waals surface area contributed by atoms with Crippen LogP contribution in [0, 0.1) is 11.3 Å². The Morgan fingerprint density at radius 2 is 2.19 bits per heavy atom. The molecule has 0 bridgehead atoms. The third-order valence-corrected chi connectivity index (χ3v) is 7.04. The van der Waals surface area contributed by atoms with Crippen molar-refractivity contribution in [3.05, 3.63) is 12.2 Å². The molecule has 3 fully saturated rings. The number of halogens is 1. The number of esters is 1. The molecule has 3 saturated carbocycles. The van der Waals surface area contributed by atoms with E-state index in [2.05, 4.69) is 29.2 Å². The van der Waals surface area contributed by atoms with E-state index in [1.165, 1.54) is 6.42 Å². The average molecular weight is 406 g/mol. The number of aliphatic hydroxyl groups excluding tert-OH is 1. The van der Waals surface area contributed by atoms with Gasteiger partial charge in [-0.1, -0.05) is 34.7 Å². The van der Waals surface area contributed by atoms with Crippen LogP contribution in [-0.4, -0.2) is 38.4 Å². The van der Waals surface area contributed by atoms with Gasteiger partial charge in [0, 0.05) is 29.3 Å². The highest BCUT2D eigenvalue weighted by Crippen LogP contribution is 2.76. The molecular weight excluding hydrogens is 383 g/mol. The SMILES string of the molecule is C=C(CI)CC(=O)OC1(CCO)CC2(O)CC3CCC32C1. The lowest BCUT2D eigenvalue weighted by Gasteiger charge is -2.65. The zero-order chi connectivity index (χ0) is 15.3. The van der Waals surface area contributed by atoms with Gasteiger partial charge in [-0.3, -0.25) is 4.79 Å². The number of ether oxygens (including phenoxy) is 1. The molecular formula is C16H23IO4. The zero-order valence-corrected chi connectivity index (χ0v) is 14.4. The number of hydrogen-bond acceptors (Lipinski definition) is 4. The lowest BCUT2D eigenvalue weighted by molar-refractivity contribution is -0.245. The van der Waals surface area contributed by atoms with Gasteiger partial charge in [-0.2, -0.15) is 0 Å². The highest BCUT2D eigenvalue weighted by Gasteiger charge is 2.76. The van der Waals surface area contributed by atoms with Crippen LogP contribution in [0.1, 0.15) is 44.9 Å². The minimum Gasteiger partial charge on any atom is -0.459 e. The van der Waals surface area contributed by atoms with Crippen molar-refractivity contribution in [2.24, 2.45) is 11.3 Å². The zero-order valence-electron chi connectivity index (χ0n) is 12.2. The molecule has 0 aromatic heterocycles. The van der Waals surface area contributed by atoms with Gasteiger partial charge in [-0.15, -0.1) is 0 Å². The maximum Gasteiger partial charge on any atom is 0.310 e. The Kier molecular flexibility index (Phi) is 3.90. The van der Waals surface area contributed by atoms with Gasteiger partial charge >= 0.3 is 5.97 Å². The summed E-state index contributed by atoms with van der Waals surface area (Å²) in [6.45, 7) is 3.83. The van der Waals surface area contributed by atoms with Crippen molar-refractivity contribution in [3.63, 3.8) is 0 Å². The third-order valence-electron chi connectivity index (χ3n) is 5.96. The maximum atomic E-state index is 12.1. The number of hydrogen-bond donors (Lipinski definition) is 2. The van der Waals surface area contributed by atoms with Crippen LogP contribution < -0.4 is 0 Å². The van der Waals surface area contributed by atoms with Gasteiger partial charge in [0.2, 0.25) is 0 Å². The van der Waals surface area contributed by atoms with Crippen molar-refractivity contribution in [2.75, 3.05) is 11.0 Å². The van der Waals surface area contributed by atoms with Crippen LogP contribution in [0.2, 0.25) is 0 Å². The summed E-state index contributed by atoms with van der Waals surface area (Å²) >= 11 is 2.18. The van der Waals surface area contributed by atoms with Gasteiger partial charge in [0.25, 0.3) is 0 Å². The Morgan fingerprint density at radius 3 is 2.67 bits per heavy atom. The van der Waals surface area contributed by atoms with Gasteiger partial charge in [-0.05, 0) is 31.6 Å². The molecule has 4 unspecified atom stereocenters. The second-order valence-corrected chi connectivity index (χ2v) is 7.93. The number of alkyl halides is 1. The summed E-state index contributed by atoms with van der Waals surface area (Å²) in [4.78, 5) is 12.1. The van der Waals surface area contributed by atoms with Crippen molar-refractivity contribution in [3.8, 4) is 0 Å². The van der Waals surface area contributed by atoms with E-state index >= 15 is 0 Å². The summed E-state index contributed by atoms with van der Waals surface area (Å²) in [6, 6.07) is 0. The van der Waals surface area contributed by atoms with Gasteiger partial charge in [0.1, 0.15) is 5.60 Å². The van der Waals surface area contributed by atoms with Crippen LogP contribution in [0.5, 0.6) is 0 Å². The maximum absolute atomic E-state index is 12.1. The minimum absolute atomic E-state index is 0.0165. The second kappa shape index (κ2) is 5.20. The number of carbonyl (C=O) groups excluding carboxylic acids is 1. The normalized spacial score (nSPS) is 43.3. The molecule has 0 radical (unpaired) electrons. The largest absolute Gasteiger partial charge is 0.459 e. The number of aliphatic hydroxyl groups is 2. The molecule has 3 rings (SSSR count). The molecule has 118 valence electrons. The van der Waals surface area contributed by atoms with Gasteiger partial charge < -0.3 is 14.9 Å². The van der Waals surface area contributed by atoms with E-state index in [0.717, 1.165) is 22.8 Å². The molecule has 0 amide bonds. The van der Waals surface area contributed by atoms with Gasteiger partial charge in [0.05, 0.1) is 12.0 Å². The second-order valence-electron chi connectivity index (χ2n) is 7.17. The van der Waals surface area contributed by atoms with Crippen LogP contribution in [0.4, 0.5) is 0 Å². The Bertz CT molecular complexity index is 479. The van der Waals surface area contributed by atoms with Crippen LogP contribution in [0.25, 0.3) is 0 Å². The van der Waals surface area contributed by atoms with Crippen molar-refractivity contribution >= 4 is 28.6 Å². The predicted molar refractivity (Wildman–Crippen MR) is 87.1 cm³/mol.